The summed E-state index contributed by atoms with van der Waals surface area (Å²) in [6.07, 6.45) is 18.1. The maximum Gasteiger partial charge on any atom is 0.0499 e. The van der Waals surface area contributed by atoms with Gasteiger partial charge in [0.2, 0.25) is 0 Å². The van der Waals surface area contributed by atoms with Crippen LogP contribution in [0.15, 0.2) is 0 Å². The first-order valence-electron chi connectivity index (χ1n) is 9.55. The second kappa shape index (κ2) is 14.8. The average molecular weight is 300 g/mol. The Labute approximate surface area is 133 Å². The van der Waals surface area contributed by atoms with Gasteiger partial charge >= 0.3 is 0 Å². The summed E-state index contributed by atoms with van der Waals surface area (Å²) < 4.78 is 0. The molecule has 0 saturated carbocycles. The highest BCUT2D eigenvalue weighted by Gasteiger charge is 2.26. The summed E-state index contributed by atoms with van der Waals surface area (Å²) in [7, 11) is 0. The van der Waals surface area contributed by atoms with E-state index in [4.69, 9.17) is 5.73 Å². The fourth-order valence-electron chi connectivity index (χ4n) is 3.11. The van der Waals surface area contributed by atoms with Crippen LogP contribution < -0.4 is 5.73 Å². The van der Waals surface area contributed by atoms with Crippen LogP contribution in [-0.4, -0.2) is 18.3 Å². The molecule has 21 heavy (non-hydrogen) atoms. The van der Waals surface area contributed by atoms with E-state index in [-0.39, 0.29) is 12.0 Å². The minimum Gasteiger partial charge on any atom is -0.396 e. The molecule has 0 aliphatic carbocycles. The molecule has 0 fully saturated rings. The zero-order chi connectivity index (χ0) is 15.8. The van der Waals surface area contributed by atoms with Crippen molar-refractivity contribution >= 4 is 0 Å². The molecule has 0 unspecified atom stereocenters. The number of hydrogen-bond acceptors (Lipinski definition) is 2. The van der Waals surface area contributed by atoms with Gasteiger partial charge in [-0.25, -0.2) is 0 Å². The number of aliphatic hydroxyl groups excluding tert-OH is 1. The third-order valence-electron chi connectivity index (χ3n) is 4.89. The van der Waals surface area contributed by atoms with Gasteiger partial charge in [-0.1, -0.05) is 90.9 Å². The SMILES string of the molecule is CCCCCCCCC(CN)(CO)CCCCCCCC. The molecule has 0 saturated heterocycles. The third-order valence-corrected chi connectivity index (χ3v) is 4.89. The lowest BCUT2D eigenvalue weighted by Crippen LogP contribution is -2.34. The standard InChI is InChI=1S/C19H41NO/c1-3-5-7-9-11-13-15-19(17-20,18-21)16-14-12-10-8-6-4-2/h21H,3-18,20H2,1-2H3. The summed E-state index contributed by atoms with van der Waals surface area (Å²) in [5.41, 5.74) is 5.99. The Bertz CT molecular complexity index is 184. The number of hydrogen-bond donors (Lipinski definition) is 2. The predicted octanol–water partition coefficient (Wildman–Crippen LogP) is 5.43. The molecule has 0 amide bonds. The quantitative estimate of drug-likeness (QED) is 0.373. The molecule has 128 valence electrons. The van der Waals surface area contributed by atoms with Crippen molar-refractivity contribution in [3.8, 4) is 0 Å². The van der Waals surface area contributed by atoms with E-state index in [1.165, 1.54) is 77.0 Å². The van der Waals surface area contributed by atoms with Crippen molar-refractivity contribution in [1.82, 2.24) is 0 Å². The fraction of sp³-hybridized carbons (Fsp3) is 1.00. The number of aliphatic hydroxyl groups is 1. The molecule has 0 aromatic carbocycles. The molecule has 0 atom stereocenters. The van der Waals surface area contributed by atoms with Crippen molar-refractivity contribution in [3.05, 3.63) is 0 Å². The van der Waals surface area contributed by atoms with Crippen molar-refractivity contribution in [2.45, 2.75) is 104 Å². The number of rotatable bonds is 16. The molecule has 0 heterocycles. The Morgan fingerprint density at radius 1 is 0.667 bits per heavy atom. The van der Waals surface area contributed by atoms with Crippen LogP contribution in [0.3, 0.4) is 0 Å². The fourth-order valence-corrected chi connectivity index (χ4v) is 3.11. The normalized spacial score (nSPS) is 12.0. The van der Waals surface area contributed by atoms with Gasteiger partial charge in [-0.05, 0) is 12.8 Å². The van der Waals surface area contributed by atoms with Gasteiger partial charge in [-0.15, -0.1) is 0 Å². The van der Waals surface area contributed by atoms with E-state index < -0.39 is 0 Å². The summed E-state index contributed by atoms with van der Waals surface area (Å²) in [6, 6.07) is 0. The first kappa shape index (κ1) is 20.9. The van der Waals surface area contributed by atoms with Crippen LogP contribution in [0.4, 0.5) is 0 Å². The van der Waals surface area contributed by atoms with Gasteiger partial charge in [0.25, 0.3) is 0 Å². The molecule has 0 aliphatic rings. The van der Waals surface area contributed by atoms with Gasteiger partial charge < -0.3 is 10.8 Å². The molecule has 2 nitrogen and oxygen atoms in total. The van der Waals surface area contributed by atoms with Crippen molar-refractivity contribution < 1.29 is 5.11 Å². The van der Waals surface area contributed by atoms with E-state index in [9.17, 15) is 5.11 Å². The lowest BCUT2D eigenvalue weighted by atomic mass is 9.78. The molecule has 0 bridgehead atoms. The van der Waals surface area contributed by atoms with Gasteiger partial charge in [-0.2, -0.15) is 0 Å². The maximum absolute atomic E-state index is 9.78. The van der Waals surface area contributed by atoms with Gasteiger partial charge in [-0.3, -0.25) is 0 Å². The second-order valence-corrected chi connectivity index (χ2v) is 6.90. The predicted molar refractivity (Wildman–Crippen MR) is 94.6 cm³/mol. The smallest absolute Gasteiger partial charge is 0.0499 e. The van der Waals surface area contributed by atoms with E-state index in [1.54, 1.807) is 0 Å². The topological polar surface area (TPSA) is 46.2 Å². The maximum atomic E-state index is 9.78. The molecule has 3 N–H and O–H groups in total. The van der Waals surface area contributed by atoms with Gasteiger partial charge in [0.05, 0.1) is 0 Å². The third kappa shape index (κ3) is 11.2. The van der Waals surface area contributed by atoms with Crippen molar-refractivity contribution in [1.29, 1.82) is 0 Å². The summed E-state index contributed by atoms with van der Waals surface area (Å²) in [6.45, 7) is 5.43. The molecule has 0 aliphatic heterocycles. The first-order chi connectivity index (χ1) is 10.2. The van der Waals surface area contributed by atoms with E-state index in [1.807, 2.05) is 0 Å². The summed E-state index contributed by atoms with van der Waals surface area (Å²) in [4.78, 5) is 0. The van der Waals surface area contributed by atoms with Crippen LogP contribution in [0.25, 0.3) is 0 Å². The molecule has 0 spiro atoms. The van der Waals surface area contributed by atoms with E-state index >= 15 is 0 Å². The Morgan fingerprint density at radius 2 is 1.05 bits per heavy atom. The largest absolute Gasteiger partial charge is 0.396 e. The average Bonchev–Trinajstić information content (AvgIpc) is 2.52. The van der Waals surface area contributed by atoms with Crippen LogP contribution in [0.2, 0.25) is 0 Å². The van der Waals surface area contributed by atoms with Crippen molar-refractivity contribution in [2.24, 2.45) is 11.1 Å². The zero-order valence-corrected chi connectivity index (χ0v) is 14.8. The zero-order valence-electron chi connectivity index (χ0n) is 14.8. The van der Waals surface area contributed by atoms with Crippen molar-refractivity contribution in [3.63, 3.8) is 0 Å². The molecular weight excluding hydrogens is 258 g/mol. The van der Waals surface area contributed by atoms with E-state index in [0.29, 0.717) is 6.54 Å². The molecule has 0 aromatic rings. The monoisotopic (exact) mass is 299 g/mol. The van der Waals surface area contributed by atoms with Crippen LogP contribution in [-0.2, 0) is 0 Å². The van der Waals surface area contributed by atoms with E-state index in [2.05, 4.69) is 13.8 Å². The molecule has 2 heteroatoms. The van der Waals surface area contributed by atoms with Crippen LogP contribution >= 0.6 is 0 Å². The Balaban J connectivity index is 3.78. The minimum absolute atomic E-state index is 0.00944. The van der Waals surface area contributed by atoms with Gasteiger partial charge in [0.15, 0.2) is 0 Å². The Morgan fingerprint density at radius 3 is 1.38 bits per heavy atom. The lowest BCUT2D eigenvalue weighted by molar-refractivity contribution is 0.106. The Hall–Kier alpha value is -0.0800. The molecular formula is C19H41NO. The molecule has 0 aromatic heterocycles. The summed E-state index contributed by atoms with van der Waals surface area (Å²) in [5.74, 6) is 0. The Kier molecular flexibility index (Phi) is 14.8. The highest BCUT2D eigenvalue weighted by molar-refractivity contribution is 4.79. The highest BCUT2D eigenvalue weighted by Crippen LogP contribution is 2.30. The minimum atomic E-state index is 0.00944. The van der Waals surface area contributed by atoms with Crippen LogP contribution in [0, 0.1) is 5.41 Å². The molecule has 0 radical (unpaired) electrons. The number of nitrogens with two attached hydrogens (primary N) is 1. The highest BCUT2D eigenvalue weighted by atomic mass is 16.3. The molecule has 0 rings (SSSR count). The van der Waals surface area contributed by atoms with E-state index in [0.717, 1.165) is 12.8 Å². The van der Waals surface area contributed by atoms with Crippen LogP contribution in [0.1, 0.15) is 104 Å². The van der Waals surface area contributed by atoms with Gasteiger partial charge in [0, 0.05) is 18.6 Å². The summed E-state index contributed by atoms with van der Waals surface area (Å²) >= 11 is 0. The number of unbranched alkanes of at least 4 members (excludes halogenated alkanes) is 10. The van der Waals surface area contributed by atoms with Gasteiger partial charge in [0.1, 0.15) is 0 Å². The van der Waals surface area contributed by atoms with Crippen LogP contribution in [0.5, 0.6) is 0 Å². The van der Waals surface area contributed by atoms with Crippen molar-refractivity contribution in [2.75, 3.05) is 13.2 Å². The first-order valence-corrected chi connectivity index (χ1v) is 9.55. The second-order valence-electron chi connectivity index (χ2n) is 6.90. The summed E-state index contributed by atoms with van der Waals surface area (Å²) in [5, 5.41) is 9.78. The lowest BCUT2D eigenvalue weighted by Gasteiger charge is -2.30.